The van der Waals surface area contributed by atoms with E-state index in [0.717, 1.165) is 17.5 Å². The minimum Gasteiger partial charge on any atom is -0.324 e. The van der Waals surface area contributed by atoms with Crippen LogP contribution in [0.1, 0.15) is 34.8 Å². The average Bonchev–Trinajstić information content (AvgIpc) is 2.12. The van der Waals surface area contributed by atoms with Gasteiger partial charge in [0.05, 0.1) is 0 Å². The fourth-order valence-corrected chi connectivity index (χ4v) is 1.65. The van der Waals surface area contributed by atoms with Crippen LogP contribution in [0.25, 0.3) is 0 Å². The summed E-state index contributed by atoms with van der Waals surface area (Å²) in [6.45, 7) is 0. The summed E-state index contributed by atoms with van der Waals surface area (Å²) >= 11 is 0. The standard InChI is InChI=1S/C10H11NO/c11-9-5-6-10(12)8-4-2-1-3-7(8)9/h1-4,9H,5-6,11H2/t9-/m0/s1. The molecule has 0 heterocycles. The van der Waals surface area contributed by atoms with Crippen molar-refractivity contribution in [3.05, 3.63) is 35.4 Å². The number of nitrogens with two attached hydrogens (primary N) is 1. The fourth-order valence-electron chi connectivity index (χ4n) is 1.65. The van der Waals surface area contributed by atoms with E-state index in [4.69, 9.17) is 5.73 Å². The molecule has 0 fully saturated rings. The van der Waals surface area contributed by atoms with Crippen LogP contribution in [0.2, 0.25) is 0 Å². The van der Waals surface area contributed by atoms with Crippen molar-refractivity contribution < 1.29 is 4.79 Å². The van der Waals surface area contributed by atoms with Crippen molar-refractivity contribution in [3.8, 4) is 0 Å². The summed E-state index contributed by atoms with van der Waals surface area (Å²) in [6, 6.07) is 7.67. The molecule has 62 valence electrons. The molecule has 12 heavy (non-hydrogen) atoms. The summed E-state index contributed by atoms with van der Waals surface area (Å²) in [6.07, 6.45) is 1.38. The average molecular weight is 161 g/mol. The molecule has 1 aromatic rings. The number of ketones is 1. The Balaban J connectivity index is 2.55. The topological polar surface area (TPSA) is 43.1 Å². The van der Waals surface area contributed by atoms with E-state index in [2.05, 4.69) is 0 Å². The zero-order valence-corrected chi connectivity index (χ0v) is 6.79. The predicted molar refractivity (Wildman–Crippen MR) is 46.9 cm³/mol. The van der Waals surface area contributed by atoms with Crippen molar-refractivity contribution in [1.82, 2.24) is 0 Å². The molecule has 1 atom stereocenters. The van der Waals surface area contributed by atoms with Gasteiger partial charge in [-0.25, -0.2) is 0 Å². The first kappa shape index (κ1) is 7.50. The molecule has 0 bridgehead atoms. The van der Waals surface area contributed by atoms with Gasteiger partial charge in [-0.3, -0.25) is 4.79 Å². The van der Waals surface area contributed by atoms with Gasteiger partial charge in [-0.05, 0) is 12.0 Å². The molecule has 0 aromatic heterocycles. The van der Waals surface area contributed by atoms with E-state index in [-0.39, 0.29) is 11.8 Å². The van der Waals surface area contributed by atoms with Crippen molar-refractivity contribution >= 4 is 5.78 Å². The highest BCUT2D eigenvalue weighted by molar-refractivity contribution is 5.98. The Hall–Kier alpha value is -1.15. The van der Waals surface area contributed by atoms with Gasteiger partial charge in [0, 0.05) is 18.0 Å². The first-order chi connectivity index (χ1) is 5.79. The van der Waals surface area contributed by atoms with Crippen LogP contribution in [0, 0.1) is 0 Å². The van der Waals surface area contributed by atoms with Gasteiger partial charge in [-0.1, -0.05) is 24.3 Å². The summed E-state index contributed by atoms with van der Waals surface area (Å²) in [5.41, 5.74) is 7.68. The van der Waals surface area contributed by atoms with Gasteiger partial charge in [0.25, 0.3) is 0 Å². The molecule has 0 saturated heterocycles. The molecule has 0 spiro atoms. The van der Waals surface area contributed by atoms with E-state index in [1.165, 1.54) is 0 Å². The zero-order chi connectivity index (χ0) is 8.55. The lowest BCUT2D eigenvalue weighted by Gasteiger charge is -2.20. The van der Waals surface area contributed by atoms with Gasteiger partial charge in [-0.15, -0.1) is 0 Å². The number of rotatable bonds is 0. The number of fused-ring (bicyclic) bond motifs is 1. The Morgan fingerprint density at radius 1 is 1.33 bits per heavy atom. The summed E-state index contributed by atoms with van der Waals surface area (Å²) < 4.78 is 0. The van der Waals surface area contributed by atoms with Gasteiger partial charge in [-0.2, -0.15) is 0 Å². The van der Waals surface area contributed by atoms with Gasteiger partial charge in [0.1, 0.15) is 0 Å². The number of hydrogen-bond acceptors (Lipinski definition) is 2. The van der Waals surface area contributed by atoms with Gasteiger partial charge >= 0.3 is 0 Å². The molecule has 1 aromatic carbocycles. The maximum absolute atomic E-state index is 11.4. The Morgan fingerprint density at radius 3 is 2.83 bits per heavy atom. The zero-order valence-electron chi connectivity index (χ0n) is 6.79. The van der Waals surface area contributed by atoms with E-state index >= 15 is 0 Å². The molecule has 2 rings (SSSR count). The van der Waals surface area contributed by atoms with Crippen molar-refractivity contribution in [2.45, 2.75) is 18.9 Å². The third kappa shape index (κ3) is 1.04. The minimum atomic E-state index is 0.0545. The van der Waals surface area contributed by atoms with Crippen LogP contribution in [-0.4, -0.2) is 5.78 Å². The molecule has 0 aliphatic heterocycles. The van der Waals surface area contributed by atoms with E-state index in [0.29, 0.717) is 6.42 Å². The second kappa shape index (κ2) is 2.72. The van der Waals surface area contributed by atoms with Crippen LogP contribution in [-0.2, 0) is 0 Å². The molecule has 2 heteroatoms. The minimum absolute atomic E-state index is 0.0545. The Bertz CT molecular complexity index is 319. The molecule has 0 saturated carbocycles. The quantitative estimate of drug-likeness (QED) is 0.628. The van der Waals surface area contributed by atoms with Crippen molar-refractivity contribution in [1.29, 1.82) is 0 Å². The predicted octanol–water partition coefficient (Wildman–Crippen LogP) is 1.66. The van der Waals surface area contributed by atoms with Gasteiger partial charge in [0.15, 0.2) is 5.78 Å². The lowest BCUT2D eigenvalue weighted by atomic mass is 9.87. The van der Waals surface area contributed by atoms with Gasteiger partial charge < -0.3 is 5.73 Å². The Kier molecular flexibility index (Phi) is 1.70. The van der Waals surface area contributed by atoms with Crippen LogP contribution in [0.3, 0.4) is 0 Å². The summed E-state index contributed by atoms with van der Waals surface area (Å²) in [4.78, 5) is 11.4. The molecule has 1 aliphatic carbocycles. The van der Waals surface area contributed by atoms with Crippen LogP contribution in [0.4, 0.5) is 0 Å². The molecule has 2 N–H and O–H groups in total. The van der Waals surface area contributed by atoms with E-state index in [9.17, 15) is 4.79 Å². The largest absolute Gasteiger partial charge is 0.324 e. The Morgan fingerprint density at radius 2 is 2.08 bits per heavy atom. The van der Waals surface area contributed by atoms with Crippen LogP contribution in [0.15, 0.2) is 24.3 Å². The summed E-state index contributed by atoms with van der Waals surface area (Å²) in [5, 5.41) is 0. The van der Waals surface area contributed by atoms with Crippen LogP contribution in [0.5, 0.6) is 0 Å². The fraction of sp³-hybridized carbons (Fsp3) is 0.300. The van der Waals surface area contributed by atoms with Crippen LogP contribution < -0.4 is 5.73 Å². The number of hydrogen-bond donors (Lipinski definition) is 1. The molecular formula is C10H11NO. The summed E-state index contributed by atoms with van der Waals surface area (Å²) in [5.74, 6) is 0.229. The highest BCUT2D eigenvalue weighted by atomic mass is 16.1. The third-order valence-electron chi connectivity index (χ3n) is 2.34. The second-order valence-electron chi connectivity index (χ2n) is 3.16. The maximum Gasteiger partial charge on any atom is 0.163 e. The lowest BCUT2D eigenvalue weighted by Crippen LogP contribution is -2.21. The maximum atomic E-state index is 11.4. The smallest absolute Gasteiger partial charge is 0.163 e. The first-order valence-electron chi connectivity index (χ1n) is 4.17. The molecule has 0 radical (unpaired) electrons. The first-order valence-corrected chi connectivity index (χ1v) is 4.17. The highest BCUT2D eigenvalue weighted by Crippen LogP contribution is 2.27. The number of benzene rings is 1. The van der Waals surface area contributed by atoms with Crippen molar-refractivity contribution in [3.63, 3.8) is 0 Å². The SMILES string of the molecule is N[C@H]1CCC(=O)c2ccccc21. The van der Waals surface area contributed by atoms with Crippen LogP contribution >= 0.6 is 0 Å². The monoisotopic (exact) mass is 161 g/mol. The van der Waals surface area contributed by atoms with E-state index in [1.54, 1.807) is 0 Å². The molecular weight excluding hydrogens is 150 g/mol. The molecule has 1 aliphatic rings. The summed E-state index contributed by atoms with van der Waals surface area (Å²) in [7, 11) is 0. The second-order valence-corrected chi connectivity index (χ2v) is 3.16. The number of Topliss-reactive ketones (excluding diaryl/α,β-unsaturated/α-hetero) is 1. The molecule has 0 unspecified atom stereocenters. The van der Waals surface area contributed by atoms with Crippen molar-refractivity contribution in [2.75, 3.05) is 0 Å². The highest BCUT2D eigenvalue weighted by Gasteiger charge is 2.21. The number of carbonyl (C=O) groups excluding carboxylic acids is 1. The Labute approximate surface area is 71.4 Å². The van der Waals surface area contributed by atoms with E-state index in [1.807, 2.05) is 24.3 Å². The van der Waals surface area contributed by atoms with Gasteiger partial charge in [0.2, 0.25) is 0 Å². The normalized spacial score (nSPS) is 22.1. The van der Waals surface area contributed by atoms with E-state index < -0.39 is 0 Å². The molecule has 2 nitrogen and oxygen atoms in total. The van der Waals surface area contributed by atoms with Crippen molar-refractivity contribution in [2.24, 2.45) is 5.73 Å². The third-order valence-corrected chi connectivity index (χ3v) is 2.34. The lowest BCUT2D eigenvalue weighted by molar-refractivity contribution is 0.0967. The molecule has 0 amide bonds. The number of carbonyl (C=O) groups is 1.